The average molecular weight is 360 g/mol. The normalized spacial score (nSPS) is 27.8. The molecule has 1 saturated carbocycles. The summed E-state index contributed by atoms with van der Waals surface area (Å²) in [7, 11) is 0. The molecule has 3 rings (SSSR count). The molecule has 0 spiro atoms. The summed E-state index contributed by atoms with van der Waals surface area (Å²) < 4.78 is 5.39. The van der Waals surface area contributed by atoms with Gasteiger partial charge in [0.25, 0.3) is 0 Å². The fourth-order valence-corrected chi connectivity index (χ4v) is 4.04. The van der Waals surface area contributed by atoms with Gasteiger partial charge in [0, 0.05) is 30.5 Å². The minimum Gasteiger partial charge on any atom is -0.378 e. The van der Waals surface area contributed by atoms with Gasteiger partial charge in [-0.1, -0.05) is 26.7 Å². The number of benzene rings is 1. The molecule has 4 atom stereocenters. The number of nitrogens with one attached hydrogen (secondary N) is 2. The summed E-state index contributed by atoms with van der Waals surface area (Å²) in [5.74, 6) is 1.38. The van der Waals surface area contributed by atoms with E-state index >= 15 is 0 Å². The monoisotopic (exact) mass is 359 g/mol. The predicted molar refractivity (Wildman–Crippen MR) is 107 cm³/mol. The van der Waals surface area contributed by atoms with Crippen LogP contribution in [0.15, 0.2) is 24.3 Å². The number of rotatable bonds is 5. The Morgan fingerprint density at radius 3 is 2.54 bits per heavy atom. The molecular formula is C21H33N3O2. The van der Waals surface area contributed by atoms with E-state index in [2.05, 4.69) is 41.5 Å². The second-order valence-corrected chi connectivity index (χ2v) is 7.90. The van der Waals surface area contributed by atoms with Crippen LogP contribution in [-0.2, 0) is 9.53 Å². The largest absolute Gasteiger partial charge is 0.378 e. The van der Waals surface area contributed by atoms with Crippen LogP contribution in [0.25, 0.3) is 0 Å². The lowest BCUT2D eigenvalue weighted by molar-refractivity contribution is -0.118. The molecule has 1 amide bonds. The number of morpholine rings is 1. The third kappa shape index (κ3) is 4.77. The van der Waals surface area contributed by atoms with Gasteiger partial charge in [0.1, 0.15) is 0 Å². The highest BCUT2D eigenvalue weighted by Gasteiger charge is 2.29. The lowest BCUT2D eigenvalue weighted by Crippen LogP contribution is -2.49. The zero-order valence-electron chi connectivity index (χ0n) is 16.3. The topological polar surface area (TPSA) is 53.6 Å². The molecule has 1 aliphatic heterocycles. The Hall–Kier alpha value is -1.59. The van der Waals surface area contributed by atoms with Crippen molar-refractivity contribution in [1.82, 2.24) is 5.32 Å². The Bertz CT molecular complexity index is 583. The molecule has 1 aliphatic carbocycles. The van der Waals surface area contributed by atoms with Gasteiger partial charge in [-0.2, -0.15) is 0 Å². The average Bonchev–Trinajstić information content (AvgIpc) is 2.66. The first-order chi connectivity index (χ1) is 12.5. The second kappa shape index (κ2) is 8.87. The predicted octanol–water partition coefficient (Wildman–Crippen LogP) is 3.26. The van der Waals surface area contributed by atoms with E-state index in [0.717, 1.165) is 44.3 Å². The van der Waals surface area contributed by atoms with E-state index in [1.807, 2.05) is 19.1 Å². The van der Waals surface area contributed by atoms with Gasteiger partial charge in [-0.3, -0.25) is 4.79 Å². The Kier molecular flexibility index (Phi) is 6.54. The molecule has 1 aromatic rings. The zero-order chi connectivity index (χ0) is 18.5. The molecular weight excluding hydrogens is 326 g/mol. The minimum absolute atomic E-state index is 0.0366. The minimum atomic E-state index is -0.188. The van der Waals surface area contributed by atoms with Crippen LogP contribution in [0, 0.1) is 11.8 Å². The first-order valence-corrected chi connectivity index (χ1v) is 10.0. The van der Waals surface area contributed by atoms with E-state index in [9.17, 15) is 4.79 Å². The van der Waals surface area contributed by atoms with Gasteiger partial charge in [-0.05, 0) is 49.4 Å². The van der Waals surface area contributed by atoms with Gasteiger partial charge >= 0.3 is 0 Å². The van der Waals surface area contributed by atoms with Crippen molar-refractivity contribution in [2.75, 3.05) is 36.5 Å². The maximum absolute atomic E-state index is 12.6. The van der Waals surface area contributed by atoms with E-state index in [4.69, 9.17) is 4.74 Å². The van der Waals surface area contributed by atoms with Crippen molar-refractivity contribution < 1.29 is 9.53 Å². The molecule has 1 aromatic carbocycles. The second-order valence-electron chi connectivity index (χ2n) is 7.90. The molecule has 26 heavy (non-hydrogen) atoms. The summed E-state index contributed by atoms with van der Waals surface area (Å²) in [4.78, 5) is 14.9. The van der Waals surface area contributed by atoms with Crippen molar-refractivity contribution in [3.63, 3.8) is 0 Å². The standard InChI is InChI=1S/C21H33N3O2/c1-15-5-4-6-20(16(15)2)22-17(3)21(25)23-18-7-9-19(10-8-18)24-11-13-26-14-12-24/h7-10,15-17,20,22H,4-6,11-14H2,1-3H3,(H,23,25). The van der Waals surface area contributed by atoms with E-state index in [1.54, 1.807) is 0 Å². The van der Waals surface area contributed by atoms with E-state index in [0.29, 0.717) is 12.0 Å². The summed E-state index contributed by atoms with van der Waals surface area (Å²) in [5, 5.41) is 6.59. The molecule has 2 aliphatic rings. The summed E-state index contributed by atoms with van der Waals surface area (Å²) in [6.45, 7) is 9.98. The molecule has 0 bridgehead atoms. The van der Waals surface area contributed by atoms with Crippen molar-refractivity contribution in [2.45, 2.75) is 52.1 Å². The first-order valence-electron chi connectivity index (χ1n) is 10.0. The number of carbonyl (C=O) groups is 1. The third-order valence-electron chi connectivity index (χ3n) is 6.08. The number of carbonyl (C=O) groups excluding carboxylic acids is 1. The number of hydrogen-bond acceptors (Lipinski definition) is 4. The Labute approximate surface area is 157 Å². The number of anilines is 2. The van der Waals surface area contributed by atoms with Gasteiger partial charge in [0.05, 0.1) is 19.3 Å². The van der Waals surface area contributed by atoms with Crippen LogP contribution in [0.4, 0.5) is 11.4 Å². The molecule has 1 heterocycles. The van der Waals surface area contributed by atoms with E-state index in [-0.39, 0.29) is 11.9 Å². The molecule has 2 fully saturated rings. The fourth-order valence-electron chi connectivity index (χ4n) is 4.04. The lowest BCUT2D eigenvalue weighted by Gasteiger charge is -2.36. The molecule has 144 valence electrons. The van der Waals surface area contributed by atoms with Crippen LogP contribution in [0.1, 0.15) is 40.0 Å². The fraction of sp³-hybridized carbons (Fsp3) is 0.667. The molecule has 1 saturated heterocycles. The van der Waals surface area contributed by atoms with Crippen molar-refractivity contribution >= 4 is 17.3 Å². The van der Waals surface area contributed by atoms with Crippen molar-refractivity contribution in [3.05, 3.63) is 24.3 Å². The Balaban J connectivity index is 1.52. The third-order valence-corrected chi connectivity index (χ3v) is 6.08. The quantitative estimate of drug-likeness (QED) is 0.847. The summed E-state index contributed by atoms with van der Waals surface area (Å²) in [6, 6.07) is 8.37. The number of hydrogen-bond donors (Lipinski definition) is 2. The first kappa shape index (κ1) is 19.2. The van der Waals surface area contributed by atoms with Crippen molar-refractivity contribution in [1.29, 1.82) is 0 Å². The number of nitrogens with zero attached hydrogens (tertiary/aromatic N) is 1. The van der Waals surface area contributed by atoms with Crippen LogP contribution in [0.5, 0.6) is 0 Å². The number of amides is 1. The van der Waals surface area contributed by atoms with Gasteiger partial charge in [0.2, 0.25) is 5.91 Å². The van der Waals surface area contributed by atoms with Crippen LogP contribution < -0.4 is 15.5 Å². The zero-order valence-corrected chi connectivity index (χ0v) is 16.3. The van der Waals surface area contributed by atoms with Crippen LogP contribution >= 0.6 is 0 Å². The molecule has 2 N–H and O–H groups in total. The summed E-state index contributed by atoms with van der Waals surface area (Å²) in [5.41, 5.74) is 2.04. The highest BCUT2D eigenvalue weighted by atomic mass is 16.5. The summed E-state index contributed by atoms with van der Waals surface area (Å²) in [6.07, 6.45) is 3.72. The summed E-state index contributed by atoms with van der Waals surface area (Å²) >= 11 is 0. The molecule has 4 unspecified atom stereocenters. The van der Waals surface area contributed by atoms with Gasteiger partial charge in [0.15, 0.2) is 0 Å². The molecule has 5 heteroatoms. The highest BCUT2D eigenvalue weighted by Crippen LogP contribution is 2.29. The Morgan fingerprint density at radius 2 is 1.85 bits per heavy atom. The van der Waals surface area contributed by atoms with Crippen LogP contribution in [0.2, 0.25) is 0 Å². The van der Waals surface area contributed by atoms with E-state index in [1.165, 1.54) is 18.5 Å². The van der Waals surface area contributed by atoms with Gasteiger partial charge in [-0.25, -0.2) is 0 Å². The van der Waals surface area contributed by atoms with Crippen LogP contribution in [0.3, 0.4) is 0 Å². The molecule has 0 radical (unpaired) electrons. The maximum atomic E-state index is 12.6. The van der Waals surface area contributed by atoms with Crippen molar-refractivity contribution in [2.24, 2.45) is 11.8 Å². The smallest absolute Gasteiger partial charge is 0.241 e. The lowest BCUT2D eigenvalue weighted by atomic mass is 9.78. The van der Waals surface area contributed by atoms with Gasteiger partial charge < -0.3 is 20.3 Å². The van der Waals surface area contributed by atoms with Gasteiger partial charge in [-0.15, -0.1) is 0 Å². The van der Waals surface area contributed by atoms with E-state index < -0.39 is 0 Å². The molecule has 5 nitrogen and oxygen atoms in total. The van der Waals surface area contributed by atoms with Crippen molar-refractivity contribution in [3.8, 4) is 0 Å². The Morgan fingerprint density at radius 1 is 1.15 bits per heavy atom. The highest BCUT2D eigenvalue weighted by molar-refractivity contribution is 5.94. The number of ether oxygens (including phenoxy) is 1. The SMILES string of the molecule is CC(NC1CCCC(C)C1C)C(=O)Nc1ccc(N2CCOCC2)cc1. The van der Waals surface area contributed by atoms with Crippen LogP contribution in [-0.4, -0.2) is 44.3 Å². The maximum Gasteiger partial charge on any atom is 0.241 e. The molecule has 0 aromatic heterocycles.